The van der Waals surface area contributed by atoms with Gasteiger partial charge in [0.05, 0.1) is 19.3 Å². The van der Waals surface area contributed by atoms with Crippen molar-refractivity contribution in [2.45, 2.75) is 12.3 Å². The Kier molecular flexibility index (Phi) is 6.25. The number of aliphatic hydroxyl groups is 1. The third kappa shape index (κ3) is 4.36. The van der Waals surface area contributed by atoms with Gasteiger partial charge in [0.15, 0.2) is 0 Å². The van der Waals surface area contributed by atoms with E-state index >= 15 is 0 Å². The molecule has 0 aliphatic carbocycles. The highest BCUT2D eigenvalue weighted by molar-refractivity contribution is 5.95. The van der Waals surface area contributed by atoms with E-state index in [1.807, 2.05) is 66.9 Å². The zero-order valence-corrected chi connectivity index (χ0v) is 17.8. The van der Waals surface area contributed by atoms with E-state index in [1.165, 1.54) is 0 Å². The van der Waals surface area contributed by atoms with Crippen LogP contribution in [0.15, 0.2) is 72.9 Å². The number of hydrogen-bond donors (Lipinski definition) is 3. The van der Waals surface area contributed by atoms with E-state index in [4.69, 9.17) is 10.5 Å². The number of aromatic amines is 1. The molecule has 4 N–H and O–H groups in total. The van der Waals surface area contributed by atoms with Crippen LogP contribution < -0.4 is 10.5 Å². The van der Waals surface area contributed by atoms with Gasteiger partial charge in [0, 0.05) is 34.1 Å². The monoisotopic (exact) mass is 424 g/mol. The Bertz CT molecular complexity index is 1330. The van der Waals surface area contributed by atoms with E-state index in [0.717, 1.165) is 22.0 Å². The average molecular weight is 425 g/mol. The number of nitrogens with two attached hydrogens (primary N) is 1. The van der Waals surface area contributed by atoms with Gasteiger partial charge in [-0.1, -0.05) is 48.2 Å². The van der Waals surface area contributed by atoms with Crippen molar-refractivity contribution in [1.29, 1.82) is 0 Å². The Hall–Kier alpha value is -4.01. The van der Waals surface area contributed by atoms with Gasteiger partial charge in [0.25, 0.3) is 0 Å². The second kappa shape index (κ2) is 9.42. The second-order valence-electron chi connectivity index (χ2n) is 7.56. The Labute approximate surface area is 186 Å². The lowest BCUT2D eigenvalue weighted by molar-refractivity contribution is 0.0998. The van der Waals surface area contributed by atoms with Crippen molar-refractivity contribution in [3.05, 3.63) is 101 Å². The molecule has 0 saturated heterocycles. The van der Waals surface area contributed by atoms with E-state index in [2.05, 4.69) is 16.8 Å². The topological polar surface area (TPSA) is 88.3 Å². The van der Waals surface area contributed by atoms with Crippen LogP contribution >= 0.6 is 0 Å². The van der Waals surface area contributed by atoms with Crippen LogP contribution in [-0.2, 0) is 6.42 Å². The largest absolute Gasteiger partial charge is 0.495 e. The zero-order valence-electron chi connectivity index (χ0n) is 17.8. The molecule has 4 rings (SSSR count). The molecule has 5 nitrogen and oxygen atoms in total. The van der Waals surface area contributed by atoms with Crippen LogP contribution in [0.3, 0.4) is 0 Å². The van der Waals surface area contributed by atoms with Gasteiger partial charge in [0.2, 0.25) is 5.91 Å². The molecule has 1 aromatic heterocycles. The standard InChI is InChI=1S/C27H24N2O3/c1-32-26-9-5-2-6-19(26)12-10-18-11-13-22(24(14-18)27(28)31)21(17-30)15-20-16-29-25-8-4-3-7-23(20)25/h2-9,11,13-14,16,21,29-30H,15,17H2,1H3,(H2,28,31)/t21-/m0/s1. The summed E-state index contributed by atoms with van der Waals surface area (Å²) in [5, 5.41) is 11.2. The zero-order chi connectivity index (χ0) is 22.5. The van der Waals surface area contributed by atoms with E-state index in [1.54, 1.807) is 13.2 Å². The number of amides is 1. The highest BCUT2D eigenvalue weighted by Gasteiger charge is 2.20. The molecule has 0 aliphatic rings. The van der Waals surface area contributed by atoms with Gasteiger partial charge in [-0.25, -0.2) is 0 Å². The Morgan fingerprint density at radius 3 is 2.66 bits per heavy atom. The number of nitrogens with one attached hydrogen (secondary N) is 1. The van der Waals surface area contributed by atoms with E-state index < -0.39 is 5.91 Å². The third-order valence-corrected chi connectivity index (χ3v) is 5.57. The number of aromatic nitrogens is 1. The molecule has 1 amide bonds. The van der Waals surface area contributed by atoms with Crippen molar-refractivity contribution < 1.29 is 14.6 Å². The highest BCUT2D eigenvalue weighted by atomic mass is 16.5. The summed E-state index contributed by atoms with van der Waals surface area (Å²) in [6.45, 7) is -0.105. The average Bonchev–Trinajstić information content (AvgIpc) is 3.24. The maximum absolute atomic E-state index is 12.3. The van der Waals surface area contributed by atoms with E-state index in [9.17, 15) is 9.90 Å². The van der Waals surface area contributed by atoms with Crippen molar-refractivity contribution in [3.63, 3.8) is 0 Å². The predicted octanol–water partition coefficient (Wildman–Crippen LogP) is 3.99. The van der Waals surface area contributed by atoms with Crippen LogP contribution in [0.25, 0.3) is 10.9 Å². The number of methoxy groups -OCH3 is 1. The molecule has 0 unspecified atom stereocenters. The number of aliphatic hydroxyl groups excluding tert-OH is 1. The molecule has 1 atom stereocenters. The molecule has 0 saturated carbocycles. The number of fused-ring (bicyclic) bond motifs is 1. The first-order valence-corrected chi connectivity index (χ1v) is 10.4. The second-order valence-corrected chi connectivity index (χ2v) is 7.56. The normalized spacial score (nSPS) is 11.6. The number of ether oxygens (including phenoxy) is 1. The molecule has 0 radical (unpaired) electrons. The Balaban J connectivity index is 1.67. The lowest BCUT2D eigenvalue weighted by atomic mass is 9.88. The molecule has 0 spiro atoms. The number of hydrogen-bond acceptors (Lipinski definition) is 3. The van der Waals surface area contributed by atoms with Crippen molar-refractivity contribution in [1.82, 2.24) is 4.98 Å². The van der Waals surface area contributed by atoms with Gasteiger partial charge in [-0.3, -0.25) is 4.79 Å². The molecule has 0 bridgehead atoms. The van der Waals surface area contributed by atoms with Gasteiger partial charge >= 0.3 is 0 Å². The Morgan fingerprint density at radius 1 is 1.09 bits per heavy atom. The van der Waals surface area contributed by atoms with E-state index in [-0.39, 0.29) is 12.5 Å². The van der Waals surface area contributed by atoms with Crippen LogP contribution in [-0.4, -0.2) is 29.7 Å². The summed E-state index contributed by atoms with van der Waals surface area (Å²) < 4.78 is 5.33. The maximum Gasteiger partial charge on any atom is 0.249 e. The van der Waals surface area contributed by atoms with Crippen LogP contribution in [0.1, 0.15) is 38.5 Å². The van der Waals surface area contributed by atoms with Gasteiger partial charge in [-0.15, -0.1) is 0 Å². The molecular formula is C27H24N2O3. The molecule has 1 heterocycles. The van der Waals surface area contributed by atoms with Gasteiger partial charge in [0.1, 0.15) is 5.75 Å². The number of benzene rings is 3. The molecule has 3 aromatic carbocycles. The quantitative estimate of drug-likeness (QED) is 0.409. The smallest absolute Gasteiger partial charge is 0.249 e. The lowest BCUT2D eigenvalue weighted by Crippen LogP contribution is -2.18. The molecule has 4 aromatic rings. The van der Waals surface area contributed by atoms with Crippen molar-refractivity contribution >= 4 is 16.8 Å². The van der Waals surface area contributed by atoms with Crippen molar-refractivity contribution in [2.75, 3.05) is 13.7 Å². The summed E-state index contributed by atoms with van der Waals surface area (Å²) in [6.07, 6.45) is 2.53. The first-order chi connectivity index (χ1) is 15.6. The van der Waals surface area contributed by atoms with Gasteiger partial charge in [-0.05, 0) is 47.9 Å². The molecule has 32 heavy (non-hydrogen) atoms. The summed E-state index contributed by atoms with van der Waals surface area (Å²) in [6, 6.07) is 20.9. The number of primary amides is 1. The van der Waals surface area contributed by atoms with E-state index in [0.29, 0.717) is 28.9 Å². The highest BCUT2D eigenvalue weighted by Crippen LogP contribution is 2.28. The number of carbonyl (C=O) groups excluding carboxylic acids is 1. The van der Waals surface area contributed by atoms with Gasteiger partial charge in [-0.2, -0.15) is 0 Å². The fraction of sp³-hybridized carbons (Fsp3) is 0.148. The summed E-state index contributed by atoms with van der Waals surface area (Å²) in [5.74, 6) is 6.04. The first-order valence-electron chi connectivity index (χ1n) is 10.4. The molecule has 5 heteroatoms. The third-order valence-electron chi connectivity index (χ3n) is 5.57. The van der Waals surface area contributed by atoms with Crippen LogP contribution in [0, 0.1) is 11.8 Å². The summed E-state index contributed by atoms with van der Waals surface area (Å²) in [5.41, 5.74) is 10.3. The van der Waals surface area contributed by atoms with Crippen molar-refractivity contribution in [2.24, 2.45) is 5.73 Å². The fourth-order valence-electron chi connectivity index (χ4n) is 3.93. The number of H-pyrrole nitrogens is 1. The minimum Gasteiger partial charge on any atom is -0.495 e. The number of para-hydroxylation sites is 2. The van der Waals surface area contributed by atoms with Gasteiger partial charge < -0.3 is 20.6 Å². The summed E-state index contributed by atoms with van der Waals surface area (Å²) in [7, 11) is 1.60. The minimum atomic E-state index is -0.543. The predicted molar refractivity (Wildman–Crippen MR) is 126 cm³/mol. The molecule has 0 fully saturated rings. The molecule has 0 aliphatic heterocycles. The van der Waals surface area contributed by atoms with Crippen molar-refractivity contribution in [3.8, 4) is 17.6 Å². The van der Waals surface area contributed by atoms with Crippen LogP contribution in [0.5, 0.6) is 5.75 Å². The molecular weight excluding hydrogens is 400 g/mol. The van der Waals surface area contributed by atoms with Crippen LogP contribution in [0.2, 0.25) is 0 Å². The summed E-state index contributed by atoms with van der Waals surface area (Å²) >= 11 is 0. The van der Waals surface area contributed by atoms with Crippen LogP contribution in [0.4, 0.5) is 0 Å². The first kappa shape index (κ1) is 21.2. The summed E-state index contributed by atoms with van der Waals surface area (Å²) in [4.78, 5) is 15.5. The number of rotatable bonds is 6. The Morgan fingerprint density at radius 2 is 1.88 bits per heavy atom. The minimum absolute atomic E-state index is 0.105. The molecule has 160 valence electrons. The lowest BCUT2D eigenvalue weighted by Gasteiger charge is -2.17. The number of carbonyl (C=O) groups is 1. The maximum atomic E-state index is 12.3. The fourth-order valence-corrected chi connectivity index (χ4v) is 3.93. The SMILES string of the molecule is COc1ccccc1C#Cc1ccc([C@H](CO)Cc2c[nH]c3ccccc23)c(C(N)=O)c1.